The SMILES string of the molecule is CC1=C(C#N)C2Nc3ccccc3N2C(Nc2cccc([N+](=O)[O-])c2)=C1. The first-order valence-corrected chi connectivity index (χ1v) is 8.07. The predicted molar refractivity (Wildman–Crippen MR) is 99.4 cm³/mol. The Bertz CT molecular complexity index is 1020. The van der Waals surface area contributed by atoms with Crippen LogP contribution in [0.2, 0.25) is 0 Å². The minimum Gasteiger partial charge on any atom is -0.359 e. The van der Waals surface area contributed by atoms with E-state index in [2.05, 4.69) is 16.7 Å². The number of nitrogens with zero attached hydrogens (tertiary/aromatic N) is 3. The highest BCUT2D eigenvalue weighted by atomic mass is 16.6. The number of nitrogens with one attached hydrogen (secondary N) is 2. The summed E-state index contributed by atoms with van der Waals surface area (Å²) in [7, 11) is 0. The van der Waals surface area contributed by atoms with Gasteiger partial charge in [0.2, 0.25) is 0 Å². The van der Waals surface area contributed by atoms with Gasteiger partial charge in [-0.3, -0.25) is 15.0 Å². The molecule has 26 heavy (non-hydrogen) atoms. The van der Waals surface area contributed by atoms with Crippen molar-refractivity contribution in [2.75, 3.05) is 15.5 Å². The lowest BCUT2D eigenvalue weighted by atomic mass is 10.0. The lowest BCUT2D eigenvalue weighted by Gasteiger charge is -2.33. The van der Waals surface area contributed by atoms with E-state index in [0.717, 1.165) is 22.8 Å². The number of hydrogen-bond acceptors (Lipinski definition) is 6. The molecule has 2 aliphatic rings. The number of fused-ring (bicyclic) bond motifs is 3. The number of rotatable bonds is 3. The van der Waals surface area contributed by atoms with Crippen molar-refractivity contribution in [3.63, 3.8) is 0 Å². The molecule has 2 aliphatic heterocycles. The molecule has 0 aromatic heterocycles. The van der Waals surface area contributed by atoms with Crippen molar-refractivity contribution in [1.82, 2.24) is 0 Å². The van der Waals surface area contributed by atoms with Crippen molar-refractivity contribution >= 4 is 22.7 Å². The van der Waals surface area contributed by atoms with Gasteiger partial charge in [-0.15, -0.1) is 0 Å². The molecule has 7 heteroatoms. The van der Waals surface area contributed by atoms with Crippen LogP contribution in [-0.4, -0.2) is 11.1 Å². The van der Waals surface area contributed by atoms with Gasteiger partial charge in [0.15, 0.2) is 0 Å². The second kappa shape index (κ2) is 5.93. The third-order valence-corrected chi connectivity index (χ3v) is 4.47. The Morgan fingerprint density at radius 3 is 2.85 bits per heavy atom. The van der Waals surface area contributed by atoms with Gasteiger partial charge in [0.05, 0.1) is 27.9 Å². The smallest absolute Gasteiger partial charge is 0.271 e. The quantitative estimate of drug-likeness (QED) is 0.646. The highest BCUT2D eigenvalue weighted by molar-refractivity contribution is 5.83. The van der Waals surface area contributed by atoms with Gasteiger partial charge in [0.25, 0.3) is 5.69 Å². The molecule has 2 heterocycles. The Kier molecular flexibility index (Phi) is 3.59. The summed E-state index contributed by atoms with van der Waals surface area (Å²) < 4.78 is 0. The van der Waals surface area contributed by atoms with Crippen LogP contribution in [0.1, 0.15) is 6.92 Å². The van der Waals surface area contributed by atoms with Crippen molar-refractivity contribution in [3.05, 3.63) is 81.7 Å². The molecular formula is C19H15N5O2. The zero-order chi connectivity index (χ0) is 18.3. The second-order valence-corrected chi connectivity index (χ2v) is 6.10. The molecule has 128 valence electrons. The van der Waals surface area contributed by atoms with Gasteiger partial charge in [0.1, 0.15) is 12.0 Å². The van der Waals surface area contributed by atoms with E-state index < -0.39 is 4.92 Å². The zero-order valence-electron chi connectivity index (χ0n) is 13.9. The van der Waals surface area contributed by atoms with Crippen LogP contribution in [0.3, 0.4) is 0 Å². The lowest BCUT2D eigenvalue weighted by Crippen LogP contribution is -2.41. The van der Waals surface area contributed by atoms with Crippen LogP contribution in [0.25, 0.3) is 0 Å². The van der Waals surface area contributed by atoms with Gasteiger partial charge in [-0.05, 0) is 36.8 Å². The summed E-state index contributed by atoms with van der Waals surface area (Å²) in [6.07, 6.45) is 1.58. The number of allylic oxidation sites excluding steroid dienone is 2. The van der Waals surface area contributed by atoms with Crippen LogP contribution in [0.15, 0.2) is 71.6 Å². The van der Waals surface area contributed by atoms with E-state index in [0.29, 0.717) is 11.3 Å². The average Bonchev–Trinajstić information content (AvgIpc) is 3.01. The molecule has 0 bridgehead atoms. The summed E-state index contributed by atoms with van der Waals surface area (Å²) in [6.45, 7) is 1.88. The molecule has 0 saturated heterocycles. The number of nitro groups is 1. The highest BCUT2D eigenvalue weighted by Gasteiger charge is 2.37. The number of nitriles is 1. The van der Waals surface area contributed by atoms with Crippen LogP contribution >= 0.6 is 0 Å². The maximum Gasteiger partial charge on any atom is 0.271 e. The molecule has 7 nitrogen and oxygen atoms in total. The minimum absolute atomic E-state index is 0.0212. The van der Waals surface area contributed by atoms with E-state index in [-0.39, 0.29) is 11.9 Å². The van der Waals surface area contributed by atoms with Gasteiger partial charge < -0.3 is 10.6 Å². The van der Waals surface area contributed by atoms with Gasteiger partial charge in [-0.1, -0.05) is 18.2 Å². The molecule has 0 radical (unpaired) electrons. The van der Waals surface area contributed by atoms with E-state index in [1.165, 1.54) is 12.1 Å². The molecule has 2 N–H and O–H groups in total. The van der Waals surface area contributed by atoms with E-state index in [4.69, 9.17) is 0 Å². The molecule has 0 spiro atoms. The molecule has 1 unspecified atom stereocenters. The Labute approximate surface area is 150 Å². The summed E-state index contributed by atoms with van der Waals surface area (Å²) in [5.41, 5.74) is 4.01. The Morgan fingerprint density at radius 2 is 2.08 bits per heavy atom. The summed E-state index contributed by atoms with van der Waals surface area (Å²) in [4.78, 5) is 12.6. The fourth-order valence-corrected chi connectivity index (χ4v) is 3.29. The first-order valence-electron chi connectivity index (χ1n) is 8.07. The summed E-state index contributed by atoms with van der Waals surface area (Å²) in [5.74, 6) is 0.754. The van der Waals surface area contributed by atoms with Crippen LogP contribution in [0, 0.1) is 21.4 Å². The average molecular weight is 345 g/mol. The number of anilines is 3. The Balaban J connectivity index is 1.77. The zero-order valence-corrected chi connectivity index (χ0v) is 13.9. The maximum absolute atomic E-state index is 11.0. The normalized spacial score (nSPS) is 17.6. The van der Waals surface area contributed by atoms with Gasteiger partial charge in [-0.25, -0.2) is 0 Å². The van der Waals surface area contributed by atoms with Crippen molar-refractivity contribution in [2.24, 2.45) is 0 Å². The highest BCUT2D eigenvalue weighted by Crippen LogP contribution is 2.42. The van der Waals surface area contributed by atoms with Crippen LogP contribution in [0.4, 0.5) is 22.7 Å². The number of non-ortho nitro benzene ring substituents is 1. The Hall–Kier alpha value is -3.79. The first kappa shape index (κ1) is 15.7. The number of benzene rings is 2. The molecule has 2 aromatic rings. The molecule has 0 saturated carbocycles. The third-order valence-electron chi connectivity index (χ3n) is 4.47. The largest absolute Gasteiger partial charge is 0.359 e. The molecule has 2 aromatic carbocycles. The maximum atomic E-state index is 11.0. The lowest BCUT2D eigenvalue weighted by molar-refractivity contribution is -0.384. The fourth-order valence-electron chi connectivity index (χ4n) is 3.29. The molecule has 4 rings (SSSR count). The van der Waals surface area contributed by atoms with Crippen molar-refractivity contribution in [2.45, 2.75) is 13.1 Å². The van der Waals surface area contributed by atoms with E-state index in [1.54, 1.807) is 12.1 Å². The number of para-hydroxylation sites is 2. The Morgan fingerprint density at radius 1 is 1.27 bits per heavy atom. The third kappa shape index (κ3) is 2.45. The van der Waals surface area contributed by atoms with E-state index in [9.17, 15) is 15.4 Å². The summed E-state index contributed by atoms with van der Waals surface area (Å²) in [5, 5.41) is 27.2. The van der Waals surface area contributed by atoms with E-state index in [1.807, 2.05) is 42.2 Å². The second-order valence-electron chi connectivity index (χ2n) is 6.10. The standard InChI is InChI=1S/C19H15N5O2/c1-12-9-18(21-13-5-4-6-14(10-13)24(25)26)23-17-8-3-2-7-16(17)22-19(23)15(12)11-20/h2-10,19,21-22H,1H3. The topological polar surface area (TPSA) is 94.2 Å². The number of hydrogen-bond donors (Lipinski definition) is 2. The summed E-state index contributed by atoms with van der Waals surface area (Å²) >= 11 is 0. The van der Waals surface area contributed by atoms with Crippen molar-refractivity contribution < 1.29 is 4.92 Å². The van der Waals surface area contributed by atoms with Crippen LogP contribution in [0.5, 0.6) is 0 Å². The predicted octanol–water partition coefficient (Wildman–Crippen LogP) is 3.96. The van der Waals surface area contributed by atoms with E-state index >= 15 is 0 Å². The molecule has 0 amide bonds. The minimum atomic E-state index is -0.422. The van der Waals surface area contributed by atoms with Crippen LogP contribution in [-0.2, 0) is 0 Å². The van der Waals surface area contributed by atoms with Crippen molar-refractivity contribution in [3.8, 4) is 6.07 Å². The summed E-state index contributed by atoms with van der Waals surface area (Å²) in [6, 6.07) is 16.4. The van der Waals surface area contributed by atoms with Crippen LogP contribution < -0.4 is 15.5 Å². The van der Waals surface area contributed by atoms with Gasteiger partial charge >= 0.3 is 0 Å². The first-order chi connectivity index (χ1) is 12.6. The fraction of sp³-hybridized carbons (Fsp3) is 0.105. The monoisotopic (exact) mass is 345 g/mol. The van der Waals surface area contributed by atoms with Crippen molar-refractivity contribution in [1.29, 1.82) is 5.26 Å². The molecule has 0 fully saturated rings. The van der Waals surface area contributed by atoms with Gasteiger partial charge in [-0.2, -0.15) is 5.26 Å². The molecule has 0 aliphatic carbocycles. The number of nitro benzene ring substituents is 1. The van der Waals surface area contributed by atoms with Gasteiger partial charge in [0, 0.05) is 17.8 Å². The molecular weight excluding hydrogens is 330 g/mol. The molecule has 1 atom stereocenters.